The normalized spacial score (nSPS) is 19.9. The van der Waals surface area contributed by atoms with Crippen molar-refractivity contribution in [3.8, 4) is 5.75 Å². The minimum atomic E-state index is -0.325. The molecule has 25 heavy (non-hydrogen) atoms. The first-order valence-electron chi connectivity index (χ1n) is 8.46. The summed E-state index contributed by atoms with van der Waals surface area (Å²) in [5.41, 5.74) is 1.12. The Bertz CT molecular complexity index is 809. The van der Waals surface area contributed by atoms with Crippen LogP contribution < -0.4 is 10.1 Å². The second-order valence-electron chi connectivity index (χ2n) is 6.65. The van der Waals surface area contributed by atoms with E-state index in [0.29, 0.717) is 25.3 Å². The summed E-state index contributed by atoms with van der Waals surface area (Å²) in [4.78, 5) is 29.1. The van der Waals surface area contributed by atoms with Crippen molar-refractivity contribution in [2.75, 3.05) is 33.4 Å². The van der Waals surface area contributed by atoms with Crippen LogP contribution >= 0.6 is 0 Å². The largest absolute Gasteiger partial charge is 0.496 e. The summed E-state index contributed by atoms with van der Waals surface area (Å²) in [5, 5.41) is 3.76. The summed E-state index contributed by atoms with van der Waals surface area (Å²) in [6.07, 6.45) is 1.45. The Labute approximate surface area is 145 Å². The summed E-state index contributed by atoms with van der Waals surface area (Å²) in [6.45, 7) is 1.86. The molecular formula is C18H21N3O4. The second kappa shape index (κ2) is 6.07. The molecule has 0 saturated carbocycles. The van der Waals surface area contributed by atoms with Crippen molar-refractivity contribution in [1.82, 2.24) is 15.2 Å². The van der Waals surface area contributed by atoms with E-state index in [4.69, 9.17) is 9.47 Å². The Kier molecular flexibility index (Phi) is 3.88. The zero-order chi connectivity index (χ0) is 17.4. The van der Waals surface area contributed by atoms with Gasteiger partial charge in [-0.15, -0.1) is 0 Å². The SMILES string of the molecule is COc1cccc2[nH]c(C(=O)N3CCC4(CC3)CNC(=O)CO4)cc12. The van der Waals surface area contributed by atoms with Crippen LogP contribution in [0.15, 0.2) is 24.3 Å². The first-order chi connectivity index (χ1) is 12.1. The van der Waals surface area contributed by atoms with Gasteiger partial charge in [0.1, 0.15) is 18.1 Å². The minimum Gasteiger partial charge on any atom is -0.496 e. The Hall–Kier alpha value is -2.54. The number of likely N-dealkylation sites (tertiary alicyclic amines) is 1. The number of piperidine rings is 1. The number of amides is 2. The number of aromatic nitrogens is 1. The highest BCUT2D eigenvalue weighted by molar-refractivity contribution is 5.99. The molecule has 0 radical (unpaired) electrons. The van der Waals surface area contributed by atoms with Crippen LogP contribution in [-0.4, -0.2) is 60.7 Å². The monoisotopic (exact) mass is 343 g/mol. The highest BCUT2D eigenvalue weighted by atomic mass is 16.5. The van der Waals surface area contributed by atoms with E-state index in [1.807, 2.05) is 29.2 Å². The number of carbonyl (C=O) groups is 2. The van der Waals surface area contributed by atoms with Gasteiger partial charge in [0.2, 0.25) is 5.91 Å². The average molecular weight is 343 g/mol. The van der Waals surface area contributed by atoms with E-state index in [0.717, 1.165) is 29.5 Å². The molecule has 0 unspecified atom stereocenters. The van der Waals surface area contributed by atoms with Gasteiger partial charge in [-0.3, -0.25) is 9.59 Å². The van der Waals surface area contributed by atoms with Crippen LogP contribution in [0.1, 0.15) is 23.3 Å². The van der Waals surface area contributed by atoms with Gasteiger partial charge in [-0.1, -0.05) is 6.07 Å². The first kappa shape index (κ1) is 16.0. The lowest BCUT2D eigenvalue weighted by molar-refractivity contribution is -0.149. The number of ether oxygens (including phenoxy) is 2. The highest BCUT2D eigenvalue weighted by Gasteiger charge is 2.40. The molecule has 0 aliphatic carbocycles. The summed E-state index contributed by atoms with van der Waals surface area (Å²) in [6, 6.07) is 7.55. The Morgan fingerprint density at radius 3 is 2.80 bits per heavy atom. The van der Waals surface area contributed by atoms with Crippen molar-refractivity contribution in [1.29, 1.82) is 0 Å². The molecule has 1 aromatic carbocycles. The maximum Gasteiger partial charge on any atom is 0.270 e. The van der Waals surface area contributed by atoms with Gasteiger partial charge in [-0.2, -0.15) is 0 Å². The molecule has 4 rings (SSSR count). The lowest BCUT2D eigenvalue weighted by Gasteiger charge is -2.43. The molecule has 3 heterocycles. The lowest BCUT2D eigenvalue weighted by atomic mass is 9.90. The molecule has 2 amide bonds. The van der Waals surface area contributed by atoms with Gasteiger partial charge in [0.05, 0.1) is 12.7 Å². The Morgan fingerprint density at radius 2 is 2.12 bits per heavy atom. The molecule has 2 N–H and O–H groups in total. The molecule has 1 spiro atoms. The van der Waals surface area contributed by atoms with Crippen LogP contribution in [0.4, 0.5) is 0 Å². The second-order valence-corrected chi connectivity index (χ2v) is 6.65. The fourth-order valence-corrected chi connectivity index (χ4v) is 3.61. The Balaban J connectivity index is 1.48. The van der Waals surface area contributed by atoms with E-state index in [1.165, 1.54) is 0 Å². The number of aromatic amines is 1. The van der Waals surface area contributed by atoms with E-state index in [1.54, 1.807) is 7.11 Å². The number of carbonyl (C=O) groups excluding carboxylic acids is 2. The number of methoxy groups -OCH3 is 1. The fraction of sp³-hybridized carbons (Fsp3) is 0.444. The molecule has 2 aliphatic rings. The first-order valence-corrected chi connectivity index (χ1v) is 8.46. The van der Waals surface area contributed by atoms with Gasteiger partial charge in [0, 0.05) is 30.5 Å². The van der Waals surface area contributed by atoms with Crippen molar-refractivity contribution in [2.24, 2.45) is 0 Å². The van der Waals surface area contributed by atoms with Crippen LogP contribution in [0.5, 0.6) is 5.75 Å². The number of H-pyrrole nitrogens is 1. The number of nitrogens with one attached hydrogen (secondary N) is 2. The minimum absolute atomic E-state index is 0.0204. The van der Waals surface area contributed by atoms with E-state index in [-0.39, 0.29) is 24.0 Å². The molecule has 2 saturated heterocycles. The lowest BCUT2D eigenvalue weighted by Crippen LogP contribution is -2.58. The molecule has 0 bridgehead atoms. The van der Waals surface area contributed by atoms with Crippen molar-refractivity contribution < 1.29 is 19.1 Å². The number of hydrogen-bond acceptors (Lipinski definition) is 4. The third kappa shape index (κ3) is 2.84. The number of morpholine rings is 1. The molecule has 2 fully saturated rings. The average Bonchev–Trinajstić information content (AvgIpc) is 3.09. The zero-order valence-electron chi connectivity index (χ0n) is 14.1. The predicted molar refractivity (Wildman–Crippen MR) is 91.7 cm³/mol. The molecule has 0 atom stereocenters. The maximum absolute atomic E-state index is 12.8. The third-order valence-electron chi connectivity index (χ3n) is 5.15. The van der Waals surface area contributed by atoms with Crippen molar-refractivity contribution in [3.63, 3.8) is 0 Å². The van der Waals surface area contributed by atoms with Gasteiger partial charge >= 0.3 is 0 Å². The molecule has 2 aliphatic heterocycles. The van der Waals surface area contributed by atoms with E-state index < -0.39 is 0 Å². The number of fused-ring (bicyclic) bond motifs is 1. The van der Waals surface area contributed by atoms with Gasteiger partial charge in [0.25, 0.3) is 5.91 Å². The Morgan fingerprint density at radius 1 is 1.32 bits per heavy atom. The summed E-state index contributed by atoms with van der Waals surface area (Å²) >= 11 is 0. The van der Waals surface area contributed by atoms with Crippen LogP contribution in [0.25, 0.3) is 10.9 Å². The van der Waals surface area contributed by atoms with Crippen LogP contribution in [0.2, 0.25) is 0 Å². The van der Waals surface area contributed by atoms with Crippen molar-refractivity contribution >= 4 is 22.7 Å². The number of rotatable bonds is 2. The molecule has 7 nitrogen and oxygen atoms in total. The van der Waals surface area contributed by atoms with Gasteiger partial charge in [-0.05, 0) is 31.0 Å². The smallest absolute Gasteiger partial charge is 0.270 e. The summed E-state index contributed by atoms with van der Waals surface area (Å²) < 4.78 is 11.1. The molecule has 1 aromatic heterocycles. The van der Waals surface area contributed by atoms with Crippen LogP contribution in [0.3, 0.4) is 0 Å². The van der Waals surface area contributed by atoms with E-state index >= 15 is 0 Å². The maximum atomic E-state index is 12.8. The van der Waals surface area contributed by atoms with Gasteiger partial charge in [-0.25, -0.2) is 0 Å². The third-order valence-corrected chi connectivity index (χ3v) is 5.15. The van der Waals surface area contributed by atoms with Crippen molar-refractivity contribution in [3.05, 3.63) is 30.0 Å². The fourth-order valence-electron chi connectivity index (χ4n) is 3.61. The molecule has 2 aromatic rings. The topological polar surface area (TPSA) is 83.7 Å². The summed E-state index contributed by atoms with van der Waals surface area (Å²) in [5.74, 6) is 0.654. The van der Waals surface area contributed by atoms with Gasteiger partial charge < -0.3 is 24.7 Å². The highest BCUT2D eigenvalue weighted by Crippen LogP contribution is 2.30. The summed E-state index contributed by atoms with van der Waals surface area (Å²) in [7, 11) is 1.62. The van der Waals surface area contributed by atoms with E-state index in [9.17, 15) is 9.59 Å². The zero-order valence-corrected chi connectivity index (χ0v) is 14.1. The molecule has 132 valence electrons. The molecule has 7 heteroatoms. The number of benzene rings is 1. The predicted octanol–water partition coefficient (Wildman–Crippen LogP) is 1.30. The van der Waals surface area contributed by atoms with Gasteiger partial charge in [0.15, 0.2) is 0 Å². The standard InChI is InChI=1S/C18H21N3O4/c1-24-15-4-2-3-13-12(15)9-14(20-13)17(23)21-7-5-18(6-8-21)11-19-16(22)10-25-18/h2-4,9,20H,5-8,10-11H2,1H3,(H,19,22). The number of nitrogens with zero attached hydrogens (tertiary/aromatic N) is 1. The van der Waals surface area contributed by atoms with E-state index in [2.05, 4.69) is 10.3 Å². The quantitative estimate of drug-likeness (QED) is 0.861. The van der Waals surface area contributed by atoms with Crippen molar-refractivity contribution in [2.45, 2.75) is 18.4 Å². The number of hydrogen-bond donors (Lipinski definition) is 2. The van der Waals surface area contributed by atoms with Crippen LogP contribution in [0, 0.1) is 0 Å². The van der Waals surface area contributed by atoms with Crippen LogP contribution in [-0.2, 0) is 9.53 Å². The molecular weight excluding hydrogens is 322 g/mol.